The van der Waals surface area contributed by atoms with E-state index < -0.39 is 49.5 Å². The molecule has 0 aromatic carbocycles. The number of hydrogen-bond acceptors (Lipinski definition) is 10. The van der Waals surface area contributed by atoms with Crippen LogP contribution in [0.2, 0.25) is 0 Å². The third kappa shape index (κ3) is 53.5. The van der Waals surface area contributed by atoms with Gasteiger partial charge in [0, 0.05) is 12.8 Å². The van der Waals surface area contributed by atoms with Crippen molar-refractivity contribution in [2.24, 2.45) is 0 Å². The molecule has 1 heterocycles. The fourth-order valence-corrected chi connectivity index (χ4v) is 11.2. The second kappa shape index (κ2) is 64.6. The molecule has 6 N–H and O–H groups in total. The van der Waals surface area contributed by atoms with Gasteiger partial charge in [-0.3, -0.25) is 9.59 Å². The molecule has 1 aliphatic heterocycles. The summed E-state index contributed by atoms with van der Waals surface area (Å²) >= 11 is 0. The molecular formula is C76H137NO10. The standard InChI is InChI=1S/C76H137NO10/c1-3-5-7-9-11-13-14-15-16-17-31-35-38-41-44-48-52-56-60-64-72(81)85-65-61-57-53-49-45-42-39-36-33-30-28-26-24-22-20-18-19-21-23-25-27-29-32-34-37-40-43-47-51-55-59-63-71(80)77-68(69(79)62-58-54-50-46-12-10-8-6-4-2)67-86-76-75(84)74(83)73(82)70(66-78)87-76/h11-13,15-16,20,22,26,28,46,58,62,68-70,73-76,78-79,82-84H,3-10,14,17-19,21,23-25,27,29-45,47-57,59-61,63-67H2,1-2H3,(H,77,80)/b13-11-,16-15-,22-20-,28-26-,46-12+,62-58+. The number of ether oxygens (including phenoxy) is 3. The molecule has 0 aromatic rings. The smallest absolute Gasteiger partial charge is 0.305 e. The molecule has 0 spiro atoms. The fourth-order valence-electron chi connectivity index (χ4n) is 11.2. The molecule has 1 fully saturated rings. The van der Waals surface area contributed by atoms with Gasteiger partial charge in [-0.15, -0.1) is 0 Å². The average molecular weight is 1220 g/mol. The summed E-state index contributed by atoms with van der Waals surface area (Å²) in [6.45, 7) is 4.27. The van der Waals surface area contributed by atoms with Crippen LogP contribution in [0, 0.1) is 0 Å². The predicted octanol–water partition coefficient (Wildman–Crippen LogP) is 19.1. The van der Waals surface area contributed by atoms with Crippen LogP contribution in [0.4, 0.5) is 0 Å². The van der Waals surface area contributed by atoms with E-state index in [9.17, 15) is 35.1 Å². The normalized spacial score (nSPS) is 18.3. The van der Waals surface area contributed by atoms with Crippen molar-refractivity contribution in [3.63, 3.8) is 0 Å². The maximum atomic E-state index is 13.0. The van der Waals surface area contributed by atoms with Crippen LogP contribution in [0.3, 0.4) is 0 Å². The van der Waals surface area contributed by atoms with E-state index in [1.165, 1.54) is 238 Å². The van der Waals surface area contributed by atoms with Crippen LogP contribution in [-0.4, -0.2) is 100 Å². The Bertz CT molecular complexity index is 1680. The first-order valence-electron chi connectivity index (χ1n) is 36.7. The van der Waals surface area contributed by atoms with Crippen LogP contribution in [0.15, 0.2) is 72.9 Å². The lowest BCUT2D eigenvalue weighted by Crippen LogP contribution is -2.60. The van der Waals surface area contributed by atoms with Crippen LogP contribution in [0.25, 0.3) is 0 Å². The molecule has 11 heteroatoms. The van der Waals surface area contributed by atoms with Crippen molar-refractivity contribution < 1.29 is 49.3 Å². The molecule has 0 bridgehead atoms. The van der Waals surface area contributed by atoms with E-state index in [-0.39, 0.29) is 18.5 Å². The van der Waals surface area contributed by atoms with Gasteiger partial charge in [0.25, 0.3) is 0 Å². The van der Waals surface area contributed by atoms with Gasteiger partial charge >= 0.3 is 5.97 Å². The minimum atomic E-state index is -1.58. The highest BCUT2D eigenvalue weighted by atomic mass is 16.7. The molecule has 1 saturated heterocycles. The van der Waals surface area contributed by atoms with Crippen molar-refractivity contribution in [1.29, 1.82) is 0 Å². The van der Waals surface area contributed by atoms with E-state index in [0.29, 0.717) is 19.4 Å². The number of amides is 1. The summed E-state index contributed by atoms with van der Waals surface area (Å²) in [4.78, 5) is 25.1. The monoisotopic (exact) mass is 1220 g/mol. The largest absolute Gasteiger partial charge is 0.466 e. The van der Waals surface area contributed by atoms with Gasteiger partial charge in [0.2, 0.25) is 5.91 Å². The van der Waals surface area contributed by atoms with E-state index in [1.807, 2.05) is 6.08 Å². The molecule has 506 valence electrons. The minimum absolute atomic E-state index is 0.000848. The Morgan fingerprint density at radius 1 is 0.425 bits per heavy atom. The Kier molecular flexibility index (Phi) is 61.0. The lowest BCUT2D eigenvalue weighted by molar-refractivity contribution is -0.302. The first kappa shape index (κ1) is 82.1. The lowest BCUT2D eigenvalue weighted by atomic mass is 9.99. The summed E-state index contributed by atoms with van der Waals surface area (Å²) in [5.74, 6) is -0.193. The Morgan fingerprint density at radius 2 is 0.782 bits per heavy atom. The van der Waals surface area contributed by atoms with Gasteiger partial charge in [-0.1, -0.05) is 286 Å². The molecule has 0 aromatic heterocycles. The first-order chi connectivity index (χ1) is 42.7. The molecule has 11 nitrogen and oxygen atoms in total. The van der Waals surface area contributed by atoms with Crippen molar-refractivity contribution in [3.05, 3.63) is 72.9 Å². The zero-order valence-corrected chi connectivity index (χ0v) is 56.2. The molecule has 0 aliphatic carbocycles. The Balaban J connectivity index is 1.91. The highest BCUT2D eigenvalue weighted by Crippen LogP contribution is 2.23. The maximum absolute atomic E-state index is 13.0. The number of aliphatic hydroxyl groups excluding tert-OH is 5. The fraction of sp³-hybridized carbons (Fsp3) is 0.816. The number of unbranched alkanes of at least 4 members (excludes halogenated alkanes) is 40. The SMILES string of the molecule is CCCCC/C=C\C/C=C\CCCCCCCCCCCC(=O)OCCCCCCCCCCC/C=C\C/C=C\CCCCCCCCCCCCCCCCCC(=O)NC(COC1OC(CO)C(O)C(O)C1O)C(O)/C=C/CC/C=C/CCCCC. The number of carbonyl (C=O) groups excluding carboxylic acids is 2. The summed E-state index contributed by atoms with van der Waals surface area (Å²) < 4.78 is 16.7. The van der Waals surface area contributed by atoms with Crippen LogP contribution < -0.4 is 5.32 Å². The Morgan fingerprint density at radius 3 is 1.21 bits per heavy atom. The Labute approximate surface area is 534 Å². The lowest BCUT2D eigenvalue weighted by Gasteiger charge is -2.40. The topological polar surface area (TPSA) is 175 Å². The molecule has 1 amide bonds. The summed E-state index contributed by atoms with van der Waals surface area (Å²) in [7, 11) is 0. The van der Waals surface area contributed by atoms with Gasteiger partial charge in [-0.05, 0) is 109 Å². The van der Waals surface area contributed by atoms with Crippen LogP contribution >= 0.6 is 0 Å². The number of allylic oxidation sites excluding steroid dienone is 11. The molecule has 87 heavy (non-hydrogen) atoms. The third-order valence-electron chi connectivity index (χ3n) is 17.0. The van der Waals surface area contributed by atoms with Crippen molar-refractivity contribution in [2.45, 2.75) is 378 Å². The predicted molar refractivity (Wildman–Crippen MR) is 366 cm³/mol. The van der Waals surface area contributed by atoms with Gasteiger partial charge in [0.05, 0.1) is 32.0 Å². The molecule has 7 atom stereocenters. The van der Waals surface area contributed by atoms with E-state index in [2.05, 4.69) is 79.9 Å². The molecule has 1 rings (SSSR count). The summed E-state index contributed by atoms with van der Waals surface area (Å²) in [5.41, 5.74) is 0. The second-order valence-corrected chi connectivity index (χ2v) is 25.3. The molecule has 7 unspecified atom stereocenters. The van der Waals surface area contributed by atoms with Crippen LogP contribution in [-0.2, 0) is 23.8 Å². The zero-order valence-electron chi connectivity index (χ0n) is 56.2. The van der Waals surface area contributed by atoms with Gasteiger partial charge in [0.1, 0.15) is 24.4 Å². The quantitative estimate of drug-likeness (QED) is 0.0195. The zero-order chi connectivity index (χ0) is 63.0. The highest BCUT2D eigenvalue weighted by molar-refractivity contribution is 5.76. The number of aliphatic hydroxyl groups is 5. The van der Waals surface area contributed by atoms with Crippen molar-refractivity contribution in [2.75, 3.05) is 19.8 Å². The van der Waals surface area contributed by atoms with Crippen molar-refractivity contribution in [1.82, 2.24) is 5.32 Å². The second-order valence-electron chi connectivity index (χ2n) is 25.3. The number of rotatable bonds is 64. The number of hydrogen-bond donors (Lipinski definition) is 6. The van der Waals surface area contributed by atoms with Gasteiger partial charge in [0.15, 0.2) is 6.29 Å². The van der Waals surface area contributed by atoms with Gasteiger partial charge in [-0.25, -0.2) is 0 Å². The van der Waals surface area contributed by atoms with Crippen molar-refractivity contribution in [3.8, 4) is 0 Å². The number of carbonyl (C=O) groups is 2. The summed E-state index contributed by atoms with van der Waals surface area (Å²) in [5, 5.41) is 54.3. The highest BCUT2D eigenvalue weighted by Gasteiger charge is 2.44. The van der Waals surface area contributed by atoms with E-state index in [4.69, 9.17) is 14.2 Å². The van der Waals surface area contributed by atoms with E-state index in [0.717, 1.165) is 70.6 Å². The maximum Gasteiger partial charge on any atom is 0.305 e. The molecular weight excluding hydrogens is 1090 g/mol. The summed E-state index contributed by atoms with van der Waals surface area (Å²) in [6.07, 6.45) is 77.8. The summed E-state index contributed by atoms with van der Waals surface area (Å²) in [6, 6.07) is -0.827. The molecule has 1 aliphatic rings. The average Bonchev–Trinajstić information content (AvgIpc) is 3.36. The van der Waals surface area contributed by atoms with E-state index in [1.54, 1.807) is 6.08 Å². The van der Waals surface area contributed by atoms with Gasteiger partial charge < -0.3 is 45.1 Å². The molecule has 0 saturated carbocycles. The van der Waals surface area contributed by atoms with Crippen LogP contribution in [0.5, 0.6) is 0 Å². The van der Waals surface area contributed by atoms with Gasteiger partial charge in [-0.2, -0.15) is 0 Å². The number of nitrogens with one attached hydrogen (secondary N) is 1. The third-order valence-corrected chi connectivity index (χ3v) is 17.0. The Hall–Kier alpha value is -2.90. The van der Waals surface area contributed by atoms with E-state index >= 15 is 0 Å². The minimum Gasteiger partial charge on any atom is -0.466 e. The number of esters is 1. The molecule has 0 radical (unpaired) electrons. The first-order valence-corrected chi connectivity index (χ1v) is 36.7. The van der Waals surface area contributed by atoms with Crippen molar-refractivity contribution >= 4 is 11.9 Å². The van der Waals surface area contributed by atoms with Crippen LogP contribution in [0.1, 0.15) is 335 Å².